The number of hydrogen-bond acceptors (Lipinski definition) is 4. The fourth-order valence-corrected chi connectivity index (χ4v) is 2.16. The number of ether oxygens (including phenoxy) is 1. The smallest absolute Gasteiger partial charge is 0.338 e. The van der Waals surface area contributed by atoms with Crippen molar-refractivity contribution in [2.24, 2.45) is 5.41 Å². The molecule has 0 fully saturated rings. The van der Waals surface area contributed by atoms with Crippen molar-refractivity contribution in [2.75, 3.05) is 17.2 Å². The molecule has 0 aliphatic rings. The van der Waals surface area contributed by atoms with E-state index >= 15 is 0 Å². The third-order valence-electron chi connectivity index (χ3n) is 3.97. The summed E-state index contributed by atoms with van der Waals surface area (Å²) in [6, 6.07) is 8.66. The highest BCUT2D eigenvalue weighted by molar-refractivity contribution is 6.14. The maximum atomic E-state index is 13.7. The Bertz CT molecular complexity index is 896. The van der Waals surface area contributed by atoms with Crippen molar-refractivity contribution >= 4 is 29.2 Å². The zero-order valence-corrected chi connectivity index (χ0v) is 15.6. The number of amides is 2. The van der Waals surface area contributed by atoms with Gasteiger partial charge in [0.25, 0.3) is 0 Å². The number of hydrogen-bond donors (Lipinski definition) is 2. The van der Waals surface area contributed by atoms with Crippen molar-refractivity contribution in [2.45, 2.75) is 20.8 Å². The van der Waals surface area contributed by atoms with Crippen LogP contribution in [0.5, 0.6) is 0 Å². The first-order valence-electron chi connectivity index (χ1n) is 8.50. The highest BCUT2D eigenvalue weighted by Crippen LogP contribution is 2.23. The van der Waals surface area contributed by atoms with Gasteiger partial charge in [0.1, 0.15) is 17.0 Å². The van der Waals surface area contributed by atoms with Gasteiger partial charge in [0.15, 0.2) is 0 Å². The normalized spacial score (nSPS) is 10.9. The minimum Gasteiger partial charge on any atom is -0.462 e. The molecule has 0 unspecified atom stereocenters. The molecular weight excluding hydrogens is 370 g/mol. The van der Waals surface area contributed by atoms with Crippen LogP contribution in [-0.2, 0) is 14.3 Å². The second-order valence-corrected chi connectivity index (χ2v) is 6.46. The average molecular weight is 390 g/mol. The number of halogens is 2. The van der Waals surface area contributed by atoms with Gasteiger partial charge in [-0.25, -0.2) is 13.6 Å². The molecule has 0 aliphatic heterocycles. The molecule has 2 N–H and O–H groups in total. The van der Waals surface area contributed by atoms with Gasteiger partial charge in [0.2, 0.25) is 11.8 Å². The fourth-order valence-electron chi connectivity index (χ4n) is 2.16. The molecule has 2 aromatic rings. The lowest BCUT2D eigenvalue weighted by Gasteiger charge is -2.23. The largest absolute Gasteiger partial charge is 0.462 e. The van der Waals surface area contributed by atoms with Crippen LogP contribution >= 0.6 is 0 Å². The maximum absolute atomic E-state index is 13.7. The van der Waals surface area contributed by atoms with Crippen LogP contribution in [0, 0.1) is 17.0 Å². The third kappa shape index (κ3) is 4.91. The molecule has 0 radical (unpaired) electrons. The molecule has 0 aromatic heterocycles. The zero-order chi connectivity index (χ0) is 20.9. The van der Waals surface area contributed by atoms with E-state index in [1.165, 1.54) is 38.1 Å². The zero-order valence-electron chi connectivity index (χ0n) is 15.6. The number of benzene rings is 2. The van der Waals surface area contributed by atoms with Crippen LogP contribution in [0.15, 0.2) is 42.5 Å². The molecule has 6 nitrogen and oxygen atoms in total. The Labute approximate surface area is 160 Å². The van der Waals surface area contributed by atoms with Crippen LogP contribution in [0.1, 0.15) is 31.1 Å². The number of carbonyl (C=O) groups is 3. The Morgan fingerprint density at radius 3 is 2.14 bits per heavy atom. The van der Waals surface area contributed by atoms with Crippen LogP contribution in [-0.4, -0.2) is 24.4 Å². The molecule has 0 bridgehead atoms. The SMILES string of the molecule is CCOC(=O)c1ccc(NC(=O)C(C)(C)C(=O)Nc2ccc(F)cc2F)cc1. The van der Waals surface area contributed by atoms with Crippen molar-refractivity contribution < 1.29 is 27.9 Å². The molecule has 28 heavy (non-hydrogen) atoms. The number of nitrogens with one attached hydrogen (secondary N) is 2. The molecule has 0 heterocycles. The van der Waals surface area contributed by atoms with Gasteiger partial charge in [-0.1, -0.05) is 0 Å². The van der Waals surface area contributed by atoms with E-state index in [-0.39, 0.29) is 12.3 Å². The van der Waals surface area contributed by atoms with Crippen molar-refractivity contribution in [3.63, 3.8) is 0 Å². The molecule has 2 rings (SSSR count). The van der Waals surface area contributed by atoms with Gasteiger partial charge in [-0.3, -0.25) is 9.59 Å². The lowest BCUT2D eigenvalue weighted by Crippen LogP contribution is -2.41. The number of carbonyl (C=O) groups excluding carboxylic acids is 3. The molecule has 0 spiro atoms. The van der Waals surface area contributed by atoms with Crippen molar-refractivity contribution in [1.29, 1.82) is 0 Å². The summed E-state index contributed by atoms with van der Waals surface area (Å²) in [4.78, 5) is 36.6. The highest BCUT2D eigenvalue weighted by Gasteiger charge is 2.36. The van der Waals surface area contributed by atoms with E-state index < -0.39 is 34.8 Å². The first-order valence-corrected chi connectivity index (χ1v) is 8.50. The van der Waals surface area contributed by atoms with Crippen LogP contribution in [0.2, 0.25) is 0 Å². The first kappa shape index (κ1) is 21.0. The molecule has 0 saturated heterocycles. The lowest BCUT2D eigenvalue weighted by molar-refractivity contribution is -0.135. The van der Waals surface area contributed by atoms with E-state index in [1.807, 2.05) is 0 Å². The summed E-state index contributed by atoms with van der Waals surface area (Å²) >= 11 is 0. The number of anilines is 2. The quantitative estimate of drug-likeness (QED) is 0.581. The molecule has 148 valence electrons. The standard InChI is InChI=1S/C20H20F2N2O4/c1-4-28-17(25)12-5-8-14(9-6-12)23-18(26)20(2,3)19(27)24-16-10-7-13(21)11-15(16)22/h5-11H,4H2,1-3H3,(H,23,26)(H,24,27). The predicted octanol–water partition coefficient (Wildman–Crippen LogP) is 3.74. The van der Waals surface area contributed by atoms with Crippen molar-refractivity contribution in [1.82, 2.24) is 0 Å². The fraction of sp³-hybridized carbons (Fsp3) is 0.250. The molecule has 0 saturated carbocycles. The van der Waals surface area contributed by atoms with Crippen LogP contribution in [0.3, 0.4) is 0 Å². The van der Waals surface area contributed by atoms with Gasteiger partial charge in [0.05, 0.1) is 17.9 Å². The van der Waals surface area contributed by atoms with Gasteiger partial charge in [-0.2, -0.15) is 0 Å². The van der Waals surface area contributed by atoms with Gasteiger partial charge in [-0.05, 0) is 57.2 Å². The Kier molecular flexibility index (Phi) is 6.45. The minimum atomic E-state index is -1.55. The van der Waals surface area contributed by atoms with E-state index in [2.05, 4.69) is 10.6 Å². The number of rotatable bonds is 6. The van der Waals surface area contributed by atoms with E-state index in [4.69, 9.17) is 4.74 Å². The number of esters is 1. The maximum Gasteiger partial charge on any atom is 0.338 e. The highest BCUT2D eigenvalue weighted by atomic mass is 19.1. The summed E-state index contributed by atoms with van der Waals surface area (Å²) in [5.74, 6) is -3.62. The van der Waals surface area contributed by atoms with Gasteiger partial charge >= 0.3 is 5.97 Å². The minimum absolute atomic E-state index is 0.230. The predicted molar refractivity (Wildman–Crippen MR) is 99.8 cm³/mol. The van der Waals surface area contributed by atoms with Crippen LogP contribution in [0.25, 0.3) is 0 Å². The Morgan fingerprint density at radius 2 is 1.57 bits per heavy atom. The molecule has 0 aliphatic carbocycles. The summed E-state index contributed by atoms with van der Waals surface area (Å²) in [6.07, 6.45) is 0. The molecule has 2 aromatic carbocycles. The molecule has 0 atom stereocenters. The van der Waals surface area contributed by atoms with Crippen molar-refractivity contribution in [3.8, 4) is 0 Å². The second kappa shape index (κ2) is 8.60. The summed E-state index contributed by atoms with van der Waals surface area (Å²) in [7, 11) is 0. The van der Waals surface area contributed by atoms with E-state index in [0.29, 0.717) is 17.3 Å². The molecule has 2 amide bonds. The summed E-state index contributed by atoms with van der Waals surface area (Å²) in [6.45, 7) is 4.67. The lowest BCUT2D eigenvalue weighted by atomic mass is 9.90. The molecular formula is C20H20F2N2O4. The van der Waals surface area contributed by atoms with Gasteiger partial charge < -0.3 is 15.4 Å². The Balaban J connectivity index is 2.07. The summed E-state index contributed by atoms with van der Waals surface area (Å²) < 4.78 is 31.6. The first-order chi connectivity index (χ1) is 13.1. The Morgan fingerprint density at radius 1 is 0.964 bits per heavy atom. The average Bonchev–Trinajstić information content (AvgIpc) is 2.64. The third-order valence-corrected chi connectivity index (χ3v) is 3.97. The van der Waals surface area contributed by atoms with Gasteiger partial charge in [-0.15, -0.1) is 0 Å². The van der Waals surface area contributed by atoms with Gasteiger partial charge in [0, 0.05) is 11.8 Å². The molecule has 8 heteroatoms. The van der Waals surface area contributed by atoms with Crippen molar-refractivity contribution in [3.05, 3.63) is 59.7 Å². The van der Waals surface area contributed by atoms with E-state index in [9.17, 15) is 23.2 Å². The second-order valence-electron chi connectivity index (χ2n) is 6.46. The van der Waals surface area contributed by atoms with Crippen LogP contribution in [0.4, 0.5) is 20.2 Å². The summed E-state index contributed by atoms with van der Waals surface area (Å²) in [5.41, 5.74) is -1.10. The van der Waals surface area contributed by atoms with Crippen LogP contribution < -0.4 is 10.6 Å². The van der Waals surface area contributed by atoms with E-state index in [0.717, 1.165) is 12.1 Å². The monoisotopic (exact) mass is 390 g/mol. The van der Waals surface area contributed by atoms with E-state index in [1.54, 1.807) is 6.92 Å². The Hall–Kier alpha value is -3.29. The topological polar surface area (TPSA) is 84.5 Å². The summed E-state index contributed by atoms with van der Waals surface area (Å²) in [5, 5.41) is 4.84.